The third kappa shape index (κ3) is 4.10. The Labute approximate surface area is 151 Å². The first-order valence-corrected chi connectivity index (χ1v) is 7.95. The zero-order valence-corrected chi connectivity index (χ0v) is 14.5. The molecule has 0 unspecified atom stereocenters. The van der Waals surface area contributed by atoms with Crippen molar-refractivity contribution in [3.63, 3.8) is 0 Å². The Kier molecular flexibility index (Phi) is 5.81. The van der Waals surface area contributed by atoms with Crippen molar-refractivity contribution in [2.45, 2.75) is 16.0 Å². The first-order valence-electron chi connectivity index (χ1n) is 7.13. The standard InChI is InChI=1S/C17H14F3NO4S/c1-24-15(22)9-5-3-4-6-13(9)26-14-8-11(17(18,19)20)10(7-12(14)21)16(23)25-2/h3-8H,21H2,1-2H3. The predicted octanol–water partition coefficient (Wildman–Crippen LogP) is 4.01. The highest BCUT2D eigenvalue weighted by atomic mass is 32.2. The van der Waals surface area contributed by atoms with Gasteiger partial charge in [0, 0.05) is 15.5 Å². The normalized spacial score (nSPS) is 11.1. The molecule has 9 heteroatoms. The fourth-order valence-electron chi connectivity index (χ4n) is 2.15. The summed E-state index contributed by atoms with van der Waals surface area (Å²) in [4.78, 5) is 23.9. The molecule has 5 nitrogen and oxygen atoms in total. The van der Waals surface area contributed by atoms with Crippen LogP contribution in [0, 0.1) is 0 Å². The van der Waals surface area contributed by atoms with E-state index in [1.165, 1.54) is 13.2 Å². The van der Waals surface area contributed by atoms with Crippen LogP contribution in [0.2, 0.25) is 0 Å². The Bertz CT molecular complexity index is 852. The third-order valence-electron chi connectivity index (χ3n) is 3.37. The number of carbonyl (C=O) groups is 2. The van der Waals surface area contributed by atoms with Gasteiger partial charge in [0.25, 0.3) is 0 Å². The van der Waals surface area contributed by atoms with Crippen molar-refractivity contribution in [2.75, 3.05) is 20.0 Å². The van der Waals surface area contributed by atoms with Gasteiger partial charge in [-0.1, -0.05) is 23.9 Å². The van der Waals surface area contributed by atoms with Crippen molar-refractivity contribution in [1.82, 2.24) is 0 Å². The van der Waals surface area contributed by atoms with E-state index in [2.05, 4.69) is 9.47 Å². The lowest BCUT2D eigenvalue weighted by atomic mass is 10.1. The molecule has 0 saturated heterocycles. The maximum atomic E-state index is 13.3. The molecule has 2 aromatic carbocycles. The molecular weight excluding hydrogens is 371 g/mol. The van der Waals surface area contributed by atoms with E-state index in [1.54, 1.807) is 18.2 Å². The molecule has 0 aliphatic heterocycles. The smallest absolute Gasteiger partial charge is 0.417 e. The van der Waals surface area contributed by atoms with Gasteiger partial charge in [-0.2, -0.15) is 13.2 Å². The minimum absolute atomic E-state index is 0.0429. The summed E-state index contributed by atoms with van der Waals surface area (Å²) >= 11 is 0.865. The fraction of sp³-hybridized carbons (Fsp3) is 0.176. The Hall–Kier alpha value is -2.68. The molecule has 0 radical (unpaired) electrons. The summed E-state index contributed by atoms with van der Waals surface area (Å²) in [5.41, 5.74) is 4.11. The van der Waals surface area contributed by atoms with Crippen LogP contribution in [0.25, 0.3) is 0 Å². The molecule has 26 heavy (non-hydrogen) atoms. The van der Waals surface area contributed by atoms with Gasteiger partial charge in [-0.05, 0) is 24.3 Å². The van der Waals surface area contributed by atoms with Crippen molar-refractivity contribution >= 4 is 29.4 Å². The highest BCUT2D eigenvalue weighted by Crippen LogP contribution is 2.41. The number of methoxy groups -OCH3 is 2. The Balaban J connectivity index is 2.56. The first-order chi connectivity index (χ1) is 12.2. The van der Waals surface area contributed by atoms with E-state index < -0.39 is 29.2 Å². The summed E-state index contributed by atoms with van der Waals surface area (Å²) in [6, 6.07) is 7.94. The third-order valence-corrected chi connectivity index (χ3v) is 4.52. The van der Waals surface area contributed by atoms with E-state index in [4.69, 9.17) is 5.73 Å². The van der Waals surface area contributed by atoms with Gasteiger partial charge in [0.2, 0.25) is 0 Å². The van der Waals surface area contributed by atoms with Gasteiger partial charge in [-0.25, -0.2) is 9.59 Å². The van der Waals surface area contributed by atoms with Gasteiger partial charge in [-0.15, -0.1) is 0 Å². The van der Waals surface area contributed by atoms with Crippen LogP contribution in [0.5, 0.6) is 0 Å². The lowest BCUT2D eigenvalue weighted by molar-refractivity contribution is -0.138. The second-order valence-electron chi connectivity index (χ2n) is 5.01. The maximum absolute atomic E-state index is 13.3. The second-order valence-corrected chi connectivity index (χ2v) is 6.10. The monoisotopic (exact) mass is 385 g/mol. The molecule has 0 aromatic heterocycles. The van der Waals surface area contributed by atoms with Crippen molar-refractivity contribution < 1.29 is 32.2 Å². The number of carbonyl (C=O) groups excluding carboxylic acids is 2. The molecule has 2 rings (SSSR count). The second kappa shape index (κ2) is 7.69. The highest BCUT2D eigenvalue weighted by molar-refractivity contribution is 7.99. The summed E-state index contributed by atoms with van der Waals surface area (Å²) in [6.45, 7) is 0. The molecule has 0 atom stereocenters. The minimum Gasteiger partial charge on any atom is -0.465 e. The number of halogens is 3. The summed E-state index contributed by atoms with van der Waals surface area (Å²) in [5.74, 6) is -1.77. The van der Waals surface area contributed by atoms with Crippen LogP contribution in [-0.2, 0) is 15.7 Å². The fourth-order valence-corrected chi connectivity index (χ4v) is 3.15. The molecule has 0 heterocycles. The number of benzene rings is 2. The minimum atomic E-state index is -4.78. The number of hydrogen-bond donors (Lipinski definition) is 1. The molecule has 2 aromatic rings. The lowest BCUT2D eigenvalue weighted by Crippen LogP contribution is -2.15. The summed E-state index contributed by atoms with van der Waals surface area (Å²) in [5, 5.41) is 0. The number of hydrogen-bond acceptors (Lipinski definition) is 6. The number of rotatable bonds is 4. The van der Waals surface area contributed by atoms with Crippen LogP contribution in [0.1, 0.15) is 26.3 Å². The molecule has 2 N–H and O–H groups in total. The zero-order valence-electron chi connectivity index (χ0n) is 13.7. The van der Waals surface area contributed by atoms with Gasteiger partial charge in [0.1, 0.15) is 0 Å². The van der Waals surface area contributed by atoms with Crippen molar-refractivity contribution in [3.05, 3.63) is 53.1 Å². The van der Waals surface area contributed by atoms with E-state index in [0.29, 0.717) is 4.90 Å². The number of ether oxygens (including phenoxy) is 2. The summed E-state index contributed by atoms with van der Waals surface area (Å²) < 4.78 is 49.0. The largest absolute Gasteiger partial charge is 0.465 e. The van der Waals surface area contributed by atoms with E-state index in [1.807, 2.05) is 0 Å². The van der Waals surface area contributed by atoms with Crippen molar-refractivity contribution in [2.24, 2.45) is 0 Å². The zero-order chi connectivity index (χ0) is 19.5. The average Bonchev–Trinajstić information content (AvgIpc) is 2.61. The molecule has 0 amide bonds. The van der Waals surface area contributed by atoms with Gasteiger partial charge >= 0.3 is 18.1 Å². The molecule has 0 bridgehead atoms. The van der Waals surface area contributed by atoms with Crippen molar-refractivity contribution in [1.29, 1.82) is 0 Å². The molecule has 0 spiro atoms. The van der Waals surface area contributed by atoms with Crippen LogP contribution in [0.3, 0.4) is 0 Å². The van der Waals surface area contributed by atoms with Crippen LogP contribution in [-0.4, -0.2) is 26.2 Å². The molecule has 138 valence electrons. The van der Waals surface area contributed by atoms with Crippen LogP contribution in [0.15, 0.2) is 46.2 Å². The predicted molar refractivity (Wildman–Crippen MR) is 89.1 cm³/mol. The van der Waals surface area contributed by atoms with Crippen molar-refractivity contribution in [3.8, 4) is 0 Å². The first kappa shape index (κ1) is 19.6. The number of nitrogens with two attached hydrogens (primary N) is 1. The Morgan fingerprint density at radius 2 is 1.54 bits per heavy atom. The van der Waals surface area contributed by atoms with Gasteiger partial charge in [-0.3, -0.25) is 0 Å². The molecule has 0 aliphatic rings. The Morgan fingerprint density at radius 1 is 0.962 bits per heavy atom. The molecular formula is C17H14F3NO4S. The average molecular weight is 385 g/mol. The quantitative estimate of drug-likeness (QED) is 0.633. The van der Waals surface area contributed by atoms with E-state index in [-0.39, 0.29) is 16.1 Å². The topological polar surface area (TPSA) is 78.6 Å². The van der Waals surface area contributed by atoms with Gasteiger partial charge in [0.15, 0.2) is 0 Å². The Morgan fingerprint density at radius 3 is 2.12 bits per heavy atom. The summed E-state index contributed by atoms with van der Waals surface area (Å²) in [7, 11) is 2.18. The number of anilines is 1. The van der Waals surface area contributed by atoms with Crippen LogP contribution >= 0.6 is 11.8 Å². The molecule has 0 saturated carbocycles. The summed E-state index contributed by atoms with van der Waals surface area (Å²) in [6.07, 6.45) is -4.78. The van der Waals surface area contributed by atoms with Gasteiger partial charge in [0.05, 0.1) is 30.9 Å². The highest BCUT2D eigenvalue weighted by Gasteiger charge is 2.36. The molecule has 0 fully saturated rings. The number of alkyl halides is 3. The van der Waals surface area contributed by atoms with Gasteiger partial charge < -0.3 is 15.2 Å². The van der Waals surface area contributed by atoms with Crippen LogP contribution in [0.4, 0.5) is 18.9 Å². The SMILES string of the molecule is COC(=O)c1ccccc1Sc1cc(C(F)(F)F)c(C(=O)OC)cc1N. The van der Waals surface area contributed by atoms with Crippen LogP contribution < -0.4 is 5.73 Å². The number of nitrogen functional groups attached to an aromatic ring is 1. The molecule has 0 aliphatic carbocycles. The maximum Gasteiger partial charge on any atom is 0.417 e. The lowest BCUT2D eigenvalue weighted by Gasteiger charge is -2.16. The van der Waals surface area contributed by atoms with E-state index in [0.717, 1.165) is 31.0 Å². The van der Waals surface area contributed by atoms with E-state index >= 15 is 0 Å². The number of esters is 2. The van der Waals surface area contributed by atoms with E-state index in [9.17, 15) is 22.8 Å².